The van der Waals surface area contributed by atoms with Crippen LogP contribution in [0.4, 0.5) is 0 Å². The standard InChI is InChI=1S/C7H17O4P/c1-4-10-7(11-5-2)12(8,9)6-3/h7H,4-6H2,1-3H3,(H,8,9). The van der Waals surface area contributed by atoms with Gasteiger partial charge in [-0.15, -0.1) is 0 Å². The Hall–Kier alpha value is 0.110. The van der Waals surface area contributed by atoms with Gasteiger partial charge in [-0.1, -0.05) is 6.92 Å². The largest absolute Gasteiger partial charge is 0.345 e. The predicted molar refractivity (Wildman–Crippen MR) is 47.4 cm³/mol. The van der Waals surface area contributed by atoms with Gasteiger partial charge in [0.25, 0.3) is 7.37 Å². The van der Waals surface area contributed by atoms with Crippen LogP contribution in [0.5, 0.6) is 0 Å². The summed E-state index contributed by atoms with van der Waals surface area (Å²) >= 11 is 0. The van der Waals surface area contributed by atoms with E-state index >= 15 is 0 Å². The molecule has 74 valence electrons. The van der Waals surface area contributed by atoms with Crippen molar-refractivity contribution < 1.29 is 18.9 Å². The topological polar surface area (TPSA) is 55.8 Å². The van der Waals surface area contributed by atoms with Crippen LogP contribution >= 0.6 is 7.37 Å². The third-order valence-corrected chi connectivity index (χ3v) is 3.26. The Labute approximate surface area is 73.3 Å². The van der Waals surface area contributed by atoms with E-state index in [9.17, 15) is 9.46 Å². The van der Waals surface area contributed by atoms with Crippen molar-refractivity contribution >= 4 is 7.37 Å². The van der Waals surface area contributed by atoms with Crippen LogP contribution in [0.2, 0.25) is 0 Å². The molecule has 0 aromatic heterocycles. The van der Waals surface area contributed by atoms with Crippen molar-refractivity contribution in [3.63, 3.8) is 0 Å². The molecule has 0 fully saturated rings. The fourth-order valence-electron chi connectivity index (χ4n) is 0.715. The van der Waals surface area contributed by atoms with Crippen molar-refractivity contribution in [1.29, 1.82) is 0 Å². The van der Waals surface area contributed by atoms with E-state index in [1.165, 1.54) is 0 Å². The van der Waals surface area contributed by atoms with Gasteiger partial charge in [-0.3, -0.25) is 4.57 Å². The predicted octanol–water partition coefficient (Wildman–Crippen LogP) is 1.63. The van der Waals surface area contributed by atoms with Gasteiger partial charge in [0.15, 0.2) is 0 Å². The summed E-state index contributed by atoms with van der Waals surface area (Å²) in [5.41, 5.74) is 0. The van der Waals surface area contributed by atoms with Crippen LogP contribution in [0, 0.1) is 0 Å². The molecule has 0 rings (SSSR count). The average molecular weight is 196 g/mol. The number of hydrogen-bond donors (Lipinski definition) is 1. The molecule has 0 saturated heterocycles. The molecule has 4 nitrogen and oxygen atoms in total. The molecule has 0 radical (unpaired) electrons. The second-order valence-corrected chi connectivity index (χ2v) is 4.85. The molecule has 0 aliphatic rings. The van der Waals surface area contributed by atoms with Gasteiger partial charge in [-0.25, -0.2) is 0 Å². The Kier molecular flexibility index (Phi) is 5.76. The SMILES string of the molecule is CCOC(OCC)P(=O)(O)CC. The minimum Gasteiger partial charge on any atom is -0.345 e. The minimum absolute atomic E-state index is 0.178. The zero-order valence-electron chi connectivity index (χ0n) is 7.82. The van der Waals surface area contributed by atoms with Crippen LogP contribution in [0.15, 0.2) is 0 Å². The molecule has 0 bridgehead atoms. The van der Waals surface area contributed by atoms with Crippen molar-refractivity contribution in [2.45, 2.75) is 26.8 Å². The van der Waals surface area contributed by atoms with Crippen LogP contribution in [-0.2, 0) is 14.0 Å². The van der Waals surface area contributed by atoms with Crippen LogP contribution in [0.1, 0.15) is 20.8 Å². The third kappa shape index (κ3) is 3.68. The van der Waals surface area contributed by atoms with Gasteiger partial charge in [0.05, 0.1) is 0 Å². The molecule has 0 aromatic carbocycles. The summed E-state index contributed by atoms with van der Waals surface area (Å²) in [4.78, 5) is 9.35. The normalized spacial score (nSPS) is 16.4. The van der Waals surface area contributed by atoms with Crippen LogP contribution < -0.4 is 0 Å². The maximum absolute atomic E-state index is 11.4. The molecule has 0 saturated carbocycles. The average Bonchev–Trinajstić information content (AvgIpc) is 2.04. The van der Waals surface area contributed by atoms with Crippen molar-refractivity contribution in [2.24, 2.45) is 0 Å². The van der Waals surface area contributed by atoms with Gasteiger partial charge in [0, 0.05) is 19.4 Å². The maximum atomic E-state index is 11.4. The molecule has 0 spiro atoms. The first kappa shape index (κ1) is 12.1. The lowest BCUT2D eigenvalue weighted by Crippen LogP contribution is -2.18. The first-order valence-corrected chi connectivity index (χ1v) is 6.04. The molecular formula is C7H17O4P. The van der Waals surface area contributed by atoms with Gasteiger partial charge in [-0.05, 0) is 13.8 Å². The smallest absolute Gasteiger partial charge is 0.254 e. The number of rotatable bonds is 6. The highest BCUT2D eigenvalue weighted by Crippen LogP contribution is 2.46. The molecule has 1 unspecified atom stereocenters. The molecule has 0 heterocycles. The van der Waals surface area contributed by atoms with E-state index in [2.05, 4.69) is 0 Å². The van der Waals surface area contributed by atoms with E-state index in [0.29, 0.717) is 13.2 Å². The fraction of sp³-hybridized carbons (Fsp3) is 1.00. The van der Waals surface area contributed by atoms with Crippen LogP contribution in [0.25, 0.3) is 0 Å². The Balaban J connectivity index is 4.17. The summed E-state index contributed by atoms with van der Waals surface area (Å²) in [7, 11) is -3.26. The third-order valence-electron chi connectivity index (χ3n) is 1.40. The van der Waals surface area contributed by atoms with E-state index in [1.807, 2.05) is 0 Å². The van der Waals surface area contributed by atoms with Crippen molar-refractivity contribution in [2.75, 3.05) is 19.4 Å². The fourth-order valence-corrected chi connectivity index (χ4v) is 1.78. The van der Waals surface area contributed by atoms with E-state index in [4.69, 9.17) is 9.47 Å². The zero-order chi connectivity index (χ0) is 9.61. The second-order valence-electron chi connectivity index (χ2n) is 2.29. The van der Waals surface area contributed by atoms with Gasteiger partial charge in [0.2, 0.25) is 6.03 Å². The van der Waals surface area contributed by atoms with E-state index in [-0.39, 0.29) is 6.16 Å². The Morgan fingerprint density at radius 3 is 1.92 bits per heavy atom. The summed E-state index contributed by atoms with van der Waals surface area (Å²) in [6.45, 7) is 5.94. The highest BCUT2D eigenvalue weighted by Gasteiger charge is 2.29. The zero-order valence-corrected chi connectivity index (χ0v) is 8.71. The van der Waals surface area contributed by atoms with Crippen LogP contribution in [-0.4, -0.2) is 30.3 Å². The first-order valence-electron chi connectivity index (χ1n) is 4.13. The monoisotopic (exact) mass is 196 g/mol. The van der Waals surface area contributed by atoms with Crippen molar-refractivity contribution in [1.82, 2.24) is 0 Å². The molecule has 0 aliphatic heterocycles. The molecule has 1 atom stereocenters. The highest BCUT2D eigenvalue weighted by atomic mass is 31.2. The molecule has 12 heavy (non-hydrogen) atoms. The molecule has 0 aliphatic carbocycles. The molecule has 5 heteroatoms. The van der Waals surface area contributed by atoms with E-state index in [1.54, 1.807) is 20.8 Å². The summed E-state index contributed by atoms with van der Waals surface area (Å²) in [5.74, 6) is 0. The maximum Gasteiger partial charge on any atom is 0.254 e. The van der Waals surface area contributed by atoms with Gasteiger partial charge in [-0.2, -0.15) is 0 Å². The summed E-state index contributed by atoms with van der Waals surface area (Å²) in [6.07, 6.45) is 0.178. The molecule has 0 aromatic rings. The van der Waals surface area contributed by atoms with E-state index < -0.39 is 13.4 Å². The number of ether oxygens (including phenoxy) is 2. The van der Waals surface area contributed by atoms with Crippen LogP contribution in [0.3, 0.4) is 0 Å². The van der Waals surface area contributed by atoms with Gasteiger partial charge in [0.1, 0.15) is 0 Å². The van der Waals surface area contributed by atoms with Gasteiger partial charge < -0.3 is 14.4 Å². The Morgan fingerprint density at radius 2 is 1.67 bits per heavy atom. The molecular weight excluding hydrogens is 179 g/mol. The second kappa shape index (κ2) is 5.70. The lowest BCUT2D eigenvalue weighted by Gasteiger charge is -2.21. The first-order chi connectivity index (χ1) is 5.58. The Bertz CT molecular complexity index is 153. The minimum atomic E-state index is -3.26. The summed E-state index contributed by atoms with van der Waals surface area (Å²) < 4.78 is 21.4. The Morgan fingerprint density at radius 1 is 1.25 bits per heavy atom. The molecule has 1 N–H and O–H groups in total. The van der Waals surface area contributed by atoms with Crippen molar-refractivity contribution in [3.05, 3.63) is 0 Å². The van der Waals surface area contributed by atoms with Crippen molar-refractivity contribution in [3.8, 4) is 0 Å². The lowest BCUT2D eigenvalue weighted by molar-refractivity contribution is -0.0870. The summed E-state index contributed by atoms with van der Waals surface area (Å²) in [6, 6.07) is -0.947. The van der Waals surface area contributed by atoms with Gasteiger partial charge >= 0.3 is 0 Å². The molecule has 0 amide bonds. The highest BCUT2D eigenvalue weighted by molar-refractivity contribution is 7.58. The lowest BCUT2D eigenvalue weighted by atomic mass is 10.9. The van der Waals surface area contributed by atoms with E-state index in [0.717, 1.165) is 0 Å². The number of hydrogen-bond acceptors (Lipinski definition) is 3. The summed E-state index contributed by atoms with van der Waals surface area (Å²) in [5, 5.41) is 0. The quantitative estimate of drug-likeness (QED) is 0.518.